The topological polar surface area (TPSA) is 23.6 Å². The number of para-hydroxylation sites is 4. The zero-order chi connectivity index (χ0) is 34.3. The van der Waals surface area contributed by atoms with Gasteiger partial charge in [0, 0.05) is 33.9 Å². The van der Waals surface area contributed by atoms with Gasteiger partial charge in [-0.05, 0) is 108 Å². The number of benzene rings is 7. The molecule has 3 heteroatoms. The number of hydrogen-bond donors (Lipinski definition) is 0. The van der Waals surface area contributed by atoms with Crippen molar-refractivity contribution in [3.8, 4) is 11.1 Å². The highest BCUT2D eigenvalue weighted by atomic mass is 16.1. The van der Waals surface area contributed by atoms with Crippen LogP contribution in [0.3, 0.4) is 0 Å². The minimum atomic E-state index is 0.0306. The minimum absolute atomic E-state index is 0.0306. The number of carbonyl (C=O) groups excluding carboxylic acids is 1. The third-order valence-electron chi connectivity index (χ3n) is 10.6. The molecule has 2 aliphatic rings. The summed E-state index contributed by atoms with van der Waals surface area (Å²) in [5.41, 5.74) is 17.3. The van der Waals surface area contributed by atoms with E-state index in [1.807, 2.05) is 42.5 Å². The zero-order valence-corrected chi connectivity index (χ0v) is 28.7. The Kier molecular flexibility index (Phi) is 7.82. The largest absolute Gasteiger partial charge is 0.310 e. The molecule has 0 aliphatic carbocycles. The van der Waals surface area contributed by atoms with Crippen molar-refractivity contribution in [3.63, 3.8) is 0 Å². The second-order valence-electron chi connectivity index (χ2n) is 13.6. The first kappa shape index (κ1) is 30.8. The van der Waals surface area contributed by atoms with Crippen molar-refractivity contribution in [1.82, 2.24) is 0 Å². The molecule has 0 bridgehead atoms. The van der Waals surface area contributed by atoms with Crippen molar-refractivity contribution >= 4 is 39.9 Å². The first-order valence-electron chi connectivity index (χ1n) is 17.9. The van der Waals surface area contributed by atoms with Crippen LogP contribution in [-0.2, 0) is 25.7 Å². The number of carbonyl (C=O) groups is 1. The summed E-state index contributed by atoms with van der Waals surface area (Å²) in [5.74, 6) is 0.0306. The molecule has 7 aromatic carbocycles. The molecule has 2 aliphatic heterocycles. The number of anilines is 6. The van der Waals surface area contributed by atoms with Gasteiger partial charge in [-0.3, -0.25) is 4.79 Å². The maximum atomic E-state index is 13.4. The van der Waals surface area contributed by atoms with Gasteiger partial charge >= 0.3 is 0 Å². The lowest BCUT2D eigenvalue weighted by atomic mass is 9.95. The molecule has 9 rings (SSSR count). The molecule has 0 spiro atoms. The third kappa shape index (κ3) is 5.52. The Morgan fingerprint density at radius 2 is 0.745 bits per heavy atom. The highest BCUT2D eigenvalue weighted by molar-refractivity contribution is 6.09. The summed E-state index contributed by atoms with van der Waals surface area (Å²) in [5, 5.41) is 0. The van der Waals surface area contributed by atoms with Crippen LogP contribution in [0.2, 0.25) is 0 Å². The van der Waals surface area contributed by atoms with Gasteiger partial charge in [-0.2, -0.15) is 0 Å². The lowest BCUT2D eigenvalue weighted by molar-refractivity contribution is 0.103. The van der Waals surface area contributed by atoms with Gasteiger partial charge in [0.05, 0.1) is 11.4 Å². The minimum Gasteiger partial charge on any atom is -0.310 e. The van der Waals surface area contributed by atoms with Gasteiger partial charge in [0.15, 0.2) is 5.78 Å². The summed E-state index contributed by atoms with van der Waals surface area (Å²) in [4.78, 5) is 18.4. The fourth-order valence-electron chi connectivity index (χ4n) is 7.96. The molecule has 3 nitrogen and oxygen atoms in total. The molecule has 51 heavy (non-hydrogen) atoms. The second kappa shape index (κ2) is 12.9. The average Bonchev–Trinajstić information content (AvgIpc) is 3.46. The number of ketones is 1. The van der Waals surface area contributed by atoms with E-state index in [1.165, 1.54) is 50.6 Å². The maximum absolute atomic E-state index is 13.4. The van der Waals surface area contributed by atoms with E-state index in [1.54, 1.807) is 0 Å². The third-order valence-corrected chi connectivity index (χ3v) is 10.6. The molecule has 0 amide bonds. The normalized spacial score (nSPS) is 13.3. The fraction of sp³-hybridized carbons (Fsp3) is 0.104. The molecule has 0 fully saturated rings. The first-order valence-corrected chi connectivity index (χ1v) is 17.9. The van der Waals surface area contributed by atoms with Crippen molar-refractivity contribution in [2.45, 2.75) is 32.6 Å². The van der Waals surface area contributed by atoms with Gasteiger partial charge in [-0.1, -0.05) is 127 Å². The van der Waals surface area contributed by atoms with Crippen LogP contribution >= 0.6 is 0 Å². The van der Waals surface area contributed by atoms with E-state index in [4.69, 9.17) is 0 Å². The molecule has 0 unspecified atom stereocenters. The average molecular weight is 659 g/mol. The monoisotopic (exact) mass is 658 g/mol. The van der Waals surface area contributed by atoms with E-state index >= 15 is 0 Å². The second-order valence-corrected chi connectivity index (χ2v) is 13.6. The Balaban J connectivity index is 1.29. The van der Waals surface area contributed by atoms with Crippen molar-refractivity contribution in [2.24, 2.45) is 0 Å². The van der Waals surface area contributed by atoms with E-state index in [0.717, 1.165) is 48.2 Å². The van der Waals surface area contributed by atoms with Crippen LogP contribution in [0.1, 0.15) is 43.7 Å². The molecule has 0 N–H and O–H groups in total. The van der Waals surface area contributed by atoms with Gasteiger partial charge in [0.1, 0.15) is 0 Å². The van der Waals surface area contributed by atoms with Crippen LogP contribution in [-0.4, -0.2) is 5.78 Å². The molecular weight excluding hydrogens is 621 g/mol. The Morgan fingerprint density at radius 1 is 0.392 bits per heavy atom. The highest BCUT2D eigenvalue weighted by Gasteiger charge is 2.29. The first-order chi connectivity index (χ1) is 25.1. The predicted molar refractivity (Wildman–Crippen MR) is 211 cm³/mol. The number of rotatable bonds is 5. The van der Waals surface area contributed by atoms with Crippen LogP contribution in [0.4, 0.5) is 34.1 Å². The number of hydrogen-bond acceptors (Lipinski definition) is 3. The number of fused-ring (bicyclic) bond motifs is 4. The summed E-state index contributed by atoms with van der Waals surface area (Å²) in [6.07, 6.45) is 3.94. The Labute approximate surface area is 300 Å². The van der Waals surface area contributed by atoms with E-state index < -0.39 is 0 Å². The van der Waals surface area contributed by atoms with Gasteiger partial charge in [-0.15, -0.1) is 0 Å². The van der Waals surface area contributed by atoms with Gasteiger partial charge in [0.25, 0.3) is 0 Å². The molecular formula is C48H38N2O. The van der Waals surface area contributed by atoms with Crippen LogP contribution in [0.25, 0.3) is 11.1 Å². The molecule has 0 atom stereocenters. The van der Waals surface area contributed by atoms with Crippen molar-refractivity contribution in [1.29, 1.82) is 0 Å². The molecule has 7 aromatic rings. The standard InChI is InChI=1S/C48H38N2O/c1-33-46(49-42-19-9-5-13-35(42)25-26-36-14-6-10-20-43(36)49)31-41(34-23-29-40(30-24-34)48(51)39-17-3-2-4-18-39)32-47(33)50-44-21-11-7-15-37(44)27-28-38-16-8-12-22-45(38)50/h2-24,29-32H,25-28H2,1H3. The molecule has 2 heterocycles. The van der Waals surface area contributed by atoms with Crippen molar-refractivity contribution in [2.75, 3.05) is 9.80 Å². The molecule has 0 saturated carbocycles. The van der Waals surface area contributed by atoms with E-state index in [2.05, 4.69) is 138 Å². The fourth-order valence-corrected chi connectivity index (χ4v) is 7.96. The lowest BCUT2D eigenvalue weighted by Gasteiger charge is -2.34. The van der Waals surface area contributed by atoms with E-state index in [9.17, 15) is 4.79 Å². The lowest BCUT2D eigenvalue weighted by Crippen LogP contribution is -2.17. The molecule has 0 radical (unpaired) electrons. The van der Waals surface area contributed by atoms with E-state index in [-0.39, 0.29) is 5.78 Å². The summed E-state index contributed by atoms with van der Waals surface area (Å²) in [6.45, 7) is 2.28. The van der Waals surface area contributed by atoms with Gasteiger partial charge in [0.2, 0.25) is 0 Å². The Morgan fingerprint density at radius 3 is 1.16 bits per heavy atom. The van der Waals surface area contributed by atoms with Crippen molar-refractivity contribution in [3.05, 3.63) is 203 Å². The Hall–Kier alpha value is -6.19. The number of aryl methyl sites for hydroxylation is 4. The summed E-state index contributed by atoms with van der Waals surface area (Å²) in [7, 11) is 0. The Bertz CT molecular complexity index is 2200. The van der Waals surface area contributed by atoms with Crippen LogP contribution in [0, 0.1) is 6.92 Å². The SMILES string of the molecule is Cc1c(N2c3ccccc3CCc3ccccc32)cc(-c2ccc(C(=O)c3ccccc3)cc2)cc1N1c2ccccc2CCc2ccccc21. The van der Waals surface area contributed by atoms with Crippen LogP contribution in [0.15, 0.2) is 164 Å². The molecule has 0 saturated heterocycles. The zero-order valence-electron chi connectivity index (χ0n) is 28.7. The van der Waals surface area contributed by atoms with E-state index in [0.29, 0.717) is 11.1 Å². The van der Waals surface area contributed by atoms with Crippen LogP contribution in [0.5, 0.6) is 0 Å². The smallest absolute Gasteiger partial charge is 0.193 e. The predicted octanol–water partition coefficient (Wildman–Crippen LogP) is 12.0. The summed E-state index contributed by atoms with van der Waals surface area (Å²) in [6, 6.07) is 57.8. The molecule has 0 aromatic heterocycles. The van der Waals surface area contributed by atoms with Crippen molar-refractivity contribution < 1.29 is 4.79 Å². The quantitative estimate of drug-likeness (QED) is 0.172. The maximum Gasteiger partial charge on any atom is 0.193 e. The van der Waals surface area contributed by atoms with Gasteiger partial charge in [-0.25, -0.2) is 0 Å². The van der Waals surface area contributed by atoms with Gasteiger partial charge < -0.3 is 9.80 Å². The highest BCUT2D eigenvalue weighted by Crippen LogP contribution is 2.50. The summed E-state index contributed by atoms with van der Waals surface area (Å²) >= 11 is 0. The molecule has 246 valence electrons. The number of nitrogens with zero attached hydrogens (tertiary/aromatic N) is 2. The van der Waals surface area contributed by atoms with Crippen LogP contribution < -0.4 is 9.80 Å². The summed E-state index contributed by atoms with van der Waals surface area (Å²) < 4.78 is 0.